The van der Waals surface area contributed by atoms with Crippen LogP contribution in [0.15, 0.2) is 18.2 Å². The lowest BCUT2D eigenvalue weighted by Gasteiger charge is -2.32. The van der Waals surface area contributed by atoms with E-state index in [-0.39, 0.29) is 5.91 Å². The van der Waals surface area contributed by atoms with Crippen LogP contribution in [0.25, 0.3) is 0 Å². The minimum Gasteiger partial charge on any atom is -0.388 e. The number of anilines is 1. The fraction of sp³-hybridized carbons (Fsp3) is 0.417. The molecule has 0 saturated carbocycles. The molecule has 1 aromatic carbocycles. The van der Waals surface area contributed by atoms with E-state index in [1.54, 1.807) is 23.1 Å². The van der Waals surface area contributed by atoms with Gasteiger partial charge in [-0.2, -0.15) is 0 Å². The summed E-state index contributed by atoms with van der Waals surface area (Å²) in [7, 11) is 0. The number of halogens is 1. The fourth-order valence-electron chi connectivity index (χ4n) is 2.02. The molecule has 0 saturated heterocycles. The van der Waals surface area contributed by atoms with Crippen LogP contribution in [0.5, 0.6) is 0 Å². The van der Waals surface area contributed by atoms with Crippen molar-refractivity contribution in [3.63, 3.8) is 0 Å². The average molecular weight is 240 g/mol. The highest BCUT2D eigenvalue weighted by atomic mass is 35.5. The van der Waals surface area contributed by atoms with Crippen LogP contribution < -0.4 is 4.90 Å². The van der Waals surface area contributed by atoms with Gasteiger partial charge in [0, 0.05) is 29.2 Å². The van der Waals surface area contributed by atoms with Crippen LogP contribution in [0, 0.1) is 0 Å². The first-order valence-corrected chi connectivity index (χ1v) is 5.79. The Kier molecular flexibility index (Phi) is 3.17. The molecule has 1 unspecified atom stereocenters. The second kappa shape index (κ2) is 4.44. The molecule has 0 aromatic heterocycles. The van der Waals surface area contributed by atoms with Gasteiger partial charge in [0.25, 0.3) is 0 Å². The summed E-state index contributed by atoms with van der Waals surface area (Å²) < 4.78 is 0. The number of aliphatic hydroxyl groups excluding tert-OH is 1. The molecule has 1 aliphatic rings. The standard InChI is InChI=1S/C12H14ClNO2/c1-2-12(16)14-6-5-11(15)9-7-8(13)3-4-10(9)14/h3-4,7,11,15H,2,5-6H2,1H3. The first kappa shape index (κ1) is 11.4. The van der Waals surface area contributed by atoms with Crippen LogP contribution in [-0.4, -0.2) is 17.6 Å². The molecule has 1 amide bonds. The van der Waals surface area contributed by atoms with Crippen molar-refractivity contribution in [2.45, 2.75) is 25.9 Å². The van der Waals surface area contributed by atoms with Gasteiger partial charge < -0.3 is 10.0 Å². The van der Waals surface area contributed by atoms with E-state index in [0.29, 0.717) is 24.4 Å². The van der Waals surface area contributed by atoms with Crippen LogP contribution in [0.4, 0.5) is 5.69 Å². The fourth-order valence-corrected chi connectivity index (χ4v) is 2.20. The molecule has 2 rings (SSSR count). The van der Waals surface area contributed by atoms with Crippen LogP contribution in [-0.2, 0) is 4.79 Å². The third-order valence-corrected chi connectivity index (χ3v) is 3.10. The number of hydrogen-bond acceptors (Lipinski definition) is 2. The Morgan fingerprint density at radius 2 is 2.38 bits per heavy atom. The Morgan fingerprint density at radius 3 is 3.06 bits per heavy atom. The normalized spacial score (nSPS) is 19.4. The second-order valence-corrected chi connectivity index (χ2v) is 4.34. The number of benzene rings is 1. The number of carbonyl (C=O) groups excluding carboxylic acids is 1. The van der Waals surface area contributed by atoms with E-state index in [4.69, 9.17) is 11.6 Å². The minimum absolute atomic E-state index is 0.0791. The molecule has 4 heteroatoms. The molecule has 1 heterocycles. The number of carbonyl (C=O) groups is 1. The number of amides is 1. The summed E-state index contributed by atoms with van der Waals surface area (Å²) in [6, 6.07) is 5.28. The Balaban J connectivity index is 2.44. The monoisotopic (exact) mass is 239 g/mol. The van der Waals surface area contributed by atoms with Gasteiger partial charge in [0.2, 0.25) is 5.91 Å². The molecular formula is C12H14ClNO2. The highest BCUT2D eigenvalue weighted by molar-refractivity contribution is 6.30. The van der Waals surface area contributed by atoms with Crippen LogP contribution in [0.1, 0.15) is 31.4 Å². The summed E-state index contributed by atoms with van der Waals surface area (Å²) in [4.78, 5) is 13.5. The summed E-state index contributed by atoms with van der Waals surface area (Å²) in [5, 5.41) is 10.4. The summed E-state index contributed by atoms with van der Waals surface area (Å²) in [6.07, 6.45) is 0.520. The molecule has 3 nitrogen and oxygen atoms in total. The number of fused-ring (bicyclic) bond motifs is 1. The molecule has 0 aliphatic carbocycles. The second-order valence-electron chi connectivity index (χ2n) is 3.91. The third-order valence-electron chi connectivity index (χ3n) is 2.87. The van der Waals surface area contributed by atoms with Gasteiger partial charge in [-0.1, -0.05) is 18.5 Å². The Hall–Kier alpha value is -1.06. The largest absolute Gasteiger partial charge is 0.388 e. The number of nitrogens with zero attached hydrogens (tertiary/aromatic N) is 1. The Labute approximate surface area is 99.6 Å². The molecular weight excluding hydrogens is 226 g/mol. The molecule has 16 heavy (non-hydrogen) atoms. The van der Waals surface area contributed by atoms with E-state index >= 15 is 0 Å². The predicted octanol–water partition coefficient (Wildman–Crippen LogP) is 2.52. The summed E-state index contributed by atoms with van der Waals surface area (Å²) in [6.45, 7) is 2.41. The predicted molar refractivity (Wildman–Crippen MR) is 63.7 cm³/mol. The molecule has 86 valence electrons. The van der Waals surface area contributed by atoms with Crippen LogP contribution in [0.3, 0.4) is 0 Å². The van der Waals surface area contributed by atoms with E-state index in [2.05, 4.69) is 0 Å². The van der Waals surface area contributed by atoms with Gasteiger partial charge in [0.1, 0.15) is 0 Å². The molecule has 1 aromatic rings. The molecule has 0 radical (unpaired) electrons. The SMILES string of the molecule is CCC(=O)N1CCC(O)c2cc(Cl)ccc21. The van der Waals surface area contributed by atoms with Gasteiger partial charge in [-0.15, -0.1) is 0 Å². The lowest BCUT2D eigenvalue weighted by Crippen LogP contribution is -2.36. The first-order chi connectivity index (χ1) is 7.63. The summed E-state index contributed by atoms with van der Waals surface area (Å²) >= 11 is 5.89. The first-order valence-electron chi connectivity index (χ1n) is 5.41. The molecule has 0 spiro atoms. The lowest BCUT2D eigenvalue weighted by atomic mass is 9.98. The zero-order valence-electron chi connectivity index (χ0n) is 9.11. The maximum Gasteiger partial charge on any atom is 0.226 e. The van der Waals surface area contributed by atoms with Crippen molar-refractivity contribution in [2.75, 3.05) is 11.4 Å². The van der Waals surface area contributed by atoms with E-state index < -0.39 is 6.10 Å². The number of rotatable bonds is 1. The van der Waals surface area contributed by atoms with Gasteiger partial charge >= 0.3 is 0 Å². The number of hydrogen-bond donors (Lipinski definition) is 1. The highest BCUT2D eigenvalue weighted by Crippen LogP contribution is 2.35. The summed E-state index contributed by atoms with van der Waals surface area (Å²) in [5.74, 6) is 0.0791. The summed E-state index contributed by atoms with van der Waals surface area (Å²) in [5.41, 5.74) is 1.54. The molecule has 0 fully saturated rings. The van der Waals surface area contributed by atoms with Crippen LogP contribution in [0.2, 0.25) is 5.02 Å². The third kappa shape index (κ3) is 1.93. The van der Waals surface area contributed by atoms with Gasteiger partial charge in [0.15, 0.2) is 0 Å². The van der Waals surface area contributed by atoms with Gasteiger partial charge in [0.05, 0.1) is 6.10 Å². The Morgan fingerprint density at radius 1 is 1.62 bits per heavy atom. The molecule has 1 atom stereocenters. The van der Waals surface area contributed by atoms with Crippen molar-refractivity contribution in [2.24, 2.45) is 0 Å². The van der Waals surface area contributed by atoms with Crippen molar-refractivity contribution >= 4 is 23.2 Å². The molecule has 1 aliphatic heterocycles. The zero-order valence-corrected chi connectivity index (χ0v) is 9.87. The maximum absolute atomic E-state index is 11.7. The Bertz CT molecular complexity index is 419. The smallest absolute Gasteiger partial charge is 0.226 e. The van der Waals surface area contributed by atoms with Gasteiger partial charge in [-0.05, 0) is 24.6 Å². The van der Waals surface area contributed by atoms with Crippen molar-refractivity contribution in [3.05, 3.63) is 28.8 Å². The molecule has 1 N–H and O–H groups in total. The van der Waals surface area contributed by atoms with E-state index in [0.717, 1.165) is 11.3 Å². The average Bonchev–Trinajstić information content (AvgIpc) is 2.29. The highest BCUT2D eigenvalue weighted by Gasteiger charge is 2.26. The van der Waals surface area contributed by atoms with Gasteiger partial charge in [-0.3, -0.25) is 4.79 Å². The van der Waals surface area contributed by atoms with E-state index in [9.17, 15) is 9.90 Å². The van der Waals surface area contributed by atoms with E-state index in [1.807, 2.05) is 6.92 Å². The minimum atomic E-state index is -0.519. The lowest BCUT2D eigenvalue weighted by molar-refractivity contribution is -0.118. The molecule has 0 bridgehead atoms. The van der Waals surface area contributed by atoms with Crippen LogP contribution >= 0.6 is 11.6 Å². The number of aliphatic hydroxyl groups is 1. The quantitative estimate of drug-likeness (QED) is 0.818. The topological polar surface area (TPSA) is 40.5 Å². The van der Waals surface area contributed by atoms with Crippen molar-refractivity contribution in [3.8, 4) is 0 Å². The van der Waals surface area contributed by atoms with E-state index in [1.165, 1.54) is 0 Å². The van der Waals surface area contributed by atoms with Crippen molar-refractivity contribution in [1.29, 1.82) is 0 Å². The maximum atomic E-state index is 11.7. The van der Waals surface area contributed by atoms with Crippen molar-refractivity contribution in [1.82, 2.24) is 0 Å². The zero-order chi connectivity index (χ0) is 11.7. The van der Waals surface area contributed by atoms with Gasteiger partial charge in [-0.25, -0.2) is 0 Å². The van der Waals surface area contributed by atoms with Crippen molar-refractivity contribution < 1.29 is 9.90 Å².